The first kappa shape index (κ1) is 15.2. The maximum atomic E-state index is 11.9. The molecule has 2 aromatic rings. The monoisotopic (exact) mass is 300 g/mol. The predicted octanol–water partition coefficient (Wildman–Crippen LogP) is 2.12. The Morgan fingerprint density at radius 2 is 2.14 bits per heavy atom. The fourth-order valence-electron chi connectivity index (χ4n) is 1.66. The lowest BCUT2D eigenvalue weighted by atomic mass is 10.1. The molecule has 5 heteroatoms. The van der Waals surface area contributed by atoms with Crippen molar-refractivity contribution in [1.29, 1.82) is 0 Å². The first-order valence-electron chi connectivity index (χ1n) is 6.58. The van der Waals surface area contributed by atoms with Gasteiger partial charge in [0, 0.05) is 18.5 Å². The Kier molecular flexibility index (Phi) is 5.50. The maximum Gasteiger partial charge on any atom is 0.263 e. The number of thiazole rings is 1. The molecule has 1 aromatic carbocycles. The highest BCUT2D eigenvalue weighted by Gasteiger charge is 2.08. The number of amides is 1. The van der Waals surface area contributed by atoms with Gasteiger partial charge in [-0.3, -0.25) is 4.79 Å². The van der Waals surface area contributed by atoms with Crippen LogP contribution in [-0.4, -0.2) is 22.6 Å². The summed E-state index contributed by atoms with van der Waals surface area (Å²) in [6, 6.07) is 7.67. The minimum absolute atomic E-state index is 0.0775. The zero-order valence-electron chi connectivity index (χ0n) is 11.7. The van der Waals surface area contributed by atoms with E-state index in [9.17, 15) is 4.79 Å². The molecule has 0 fully saturated rings. The van der Waals surface area contributed by atoms with Gasteiger partial charge in [-0.2, -0.15) is 0 Å². The van der Waals surface area contributed by atoms with Crippen molar-refractivity contribution in [1.82, 2.24) is 10.3 Å². The van der Waals surface area contributed by atoms with Crippen LogP contribution in [0.4, 0.5) is 0 Å². The van der Waals surface area contributed by atoms with Crippen LogP contribution in [0.5, 0.6) is 0 Å². The molecule has 0 bridgehead atoms. The molecule has 0 aliphatic heterocycles. The zero-order chi connectivity index (χ0) is 15.1. The summed E-state index contributed by atoms with van der Waals surface area (Å²) < 4.78 is 0. The molecule has 4 nitrogen and oxygen atoms in total. The van der Waals surface area contributed by atoms with E-state index in [-0.39, 0.29) is 12.5 Å². The van der Waals surface area contributed by atoms with Gasteiger partial charge in [0.15, 0.2) is 0 Å². The third kappa shape index (κ3) is 4.71. The number of carbonyl (C=O) groups excluding carboxylic acids is 1. The van der Waals surface area contributed by atoms with Crippen molar-refractivity contribution in [2.75, 3.05) is 6.61 Å². The summed E-state index contributed by atoms with van der Waals surface area (Å²) in [4.78, 5) is 16.6. The van der Waals surface area contributed by atoms with Gasteiger partial charge in [0.1, 0.15) is 4.88 Å². The first-order valence-corrected chi connectivity index (χ1v) is 7.40. The van der Waals surface area contributed by atoms with Crippen molar-refractivity contribution in [2.24, 2.45) is 0 Å². The molecule has 1 heterocycles. The molecular weight excluding hydrogens is 284 g/mol. The van der Waals surface area contributed by atoms with Gasteiger partial charge in [0.05, 0.1) is 17.8 Å². The third-order valence-electron chi connectivity index (χ3n) is 2.72. The van der Waals surface area contributed by atoms with E-state index in [2.05, 4.69) is 22.1 Å². The van der Waals surface area contributed by atoms with Gasteiger partial charge in [0.25, 0.3) is 5.91 Å². The molecule has 0 spiro atoms. The molecule has 108 valence electrons. The van der Waals surface area contributed by atoms with Crippen molar-refractivity contribution in [2.45, 2.75) is 19.9 Å². The van der Waals surface area contributed by atoms with E-state index in [1.54, 1.807) is 6.20 Å². The standard InChI is InChI=1S/C16H16N2O2S/c1-12-17-11-15(21-12)16(20)18-10-14-7-5-13(6-8-14)4-2-3-9-19/h5-8,11,19H,3,9-10H2,1H3,(H,18,20). The zero-order valence-corrected chi connectivity index (χ0v) is 12.5. The lowest BCUT2D eigenvalue weighted by molar-refractivity contribution is 0.0955. The molecule has 0 aliphatic rings. The van der Waals surface area contributed by atoms with Crippen LogP contribution in [0.25, 0.3) is 0 Å². The summed E-state index contributed by atoms with van der Waals surface area (Å²) >= 11 is 1.38. The van der Waals surface area contributed by atoms with E-state index in [0.29, 0.717) is 17.8 Å². The second kappa shape index (κ2) is 7.58. The Morgan fingerprint density at radius 1 is 1.38 bits per heavy atom. The molecule has 1 amide bonds. The van der Waals surface area contributed by atoms with Gasteiger partial charge in [-0.15, -0.1) is 11.3 Å². The second-order valence-corrected chi connectivity index (χ2v) is 5.63. The SMILES string of the molecule is Cc1ncc(C(=O)NCc2ccc(C#CCCO)cc2)s1. The quantitative estimate of drug-likeness (QED) is 0.850. The molecular formula is C16H16N2O2S. The lowest BCUT2D eigenvalue weighted by Gasteiger charge is -2.03. The average Bonchev–Trinajstić information content (AvgIpc) is 2.93. The van der Waals surface area contributed by atoms with E-state index < -0.39 is 0 Å². The number of aliphatic hydroxyl groups excluding tert-OH is 1. The number of rotatable bonds is 4. The molecule has 0 radical (unpaired) electrons. The van der Waals surface area contributed by atoms with Gasteiger partial charge < -0.3 is 10.4 Å². The largest absolute Gasteiger partial charge is 0.395 e. The number of aromatic nitrogens is 1. The van der Waals surface area contributed by atoms with Crippen LogP contribution in [-0.2, 0) is 6.54 Å². The van der Waals surface area contributed by atoms with E-state index in [1.165, 1.54) is 11.3 Å². The molecule has 0 saturated carbocycles. The number of aryl methyl sites for hydroxylation is 1. The van der Waals surface area contributed by atoms with Gasteiger partial charge in [-0.1, -0.05) is 24.0 Å². The molecule has 1 aromatic heterocycles. The van der Waals surface area contributed by atoms with Crippen LogP contribution in [0, 0.1) is 18.8 Å². The number of nitrogens with zero attached hydrogens (tertiary/aromatic N) is 1. The summed E-state index contributed by atoms with van der Waals surface area (Å²) in [6.07, 6.45) is 2.07. The smallest absolute Gasteiger partial charge is 0.263 e. The van der Waals surface area contributed by atoms with E-state index >= 15 is 0 Å². The Bertz CT molecular complexity index is 666. The number of aliphatic hydroxyl groups is 1. The fraction of sp³-hybridized carbons (Fsp3) is 0.250. The number of hydrogen-bond acceptors (Lipinski definition) is 4. The molecule has 21 heavy (non-hydrogen) atoms. The normalized spacial score (nSPS) is 9.81. The Balaban J connectivity index is 1.89. The van der Waals surface area contributed by atoms with Gasteiger partial charge in [-0.05, 0) is 24.6 Å². The van der Waals surface area contributed by atoms with Crippen molar-refractivity contribution >= 4 is 17.2 Å². The van der Waals surface area contributed by atoms with Crippen LogP contribution < -0.4 is 5.32 Å². The van der Waals surface area contributed by atoms with Crippen LogP contribution in [0.2, 0.25) is 0 Å². The molecule has 2 rings (SSSR count). The van der Waals surface area contributed by atoms with Gasteiger partial charge in [-0.25, -0.2) is 4.98 Å². The van der Waals surface area contributed by atoms with Gasteiger partial charge >= 0.3 is 0 Å². The molecule has 0 unspecified atom stereocenters. The second-order valence-electron chi connectivity index (χ2n) is 4.40. The van der Waals surface area contributed by atoms with Gasteiger partial charge in [0.2, 0.25) is 0 Å². The Labute approximate surface area is 127 Å². The van der Waals surface area contributed by atoms with Crippen molar-refractivity contribution in [3.63, 3.8) is 0 Å². The summed E-state index contributed by atoms with van der Waals surface area (Å²) in [5.74, 6) is 5.73. The van der Waals surface area contributed by atoms with Crippen molar-refractivity contribution < 1.29 is 9.90 Å². The minimum atomic E-state index is -0.104. The fourth-order valence-corrected chi connectivity index (χ4v) is 2.36. The maximum absolute atomic E-state index is 11.9. The highest BCUT2D eigenvalue weighted by atomic mass is 32.1. The Hall–Kier alpha value is -2.16. The van der Waals surface area contributed by atoms with E-state index in [4.69, 9.17) is 5.11 Å². The predicted molar refractivity (Wildman–Crippen MR) is 83.0 cm³/mol. The summed E-state index contributed by atoms with van der Waals surface area (Å²) in [5.41, 5.74) is 1.91. The third-order valence-corrected chi connectivity index (χ3v) is 3.63. The average molecular weight is 300 g/mol. The number of benzene rings is 1. The highest BCUT2D eigenvalue weighted by molar-refractivity contribution is 7.13. The number of carbonyl (C=O) groups is 1. The molecule has 0 aliphatic carbocycles. The number of nitrogens with one attached hydrogen (secondary N) is 1. The lowest BCUT2D eigenvalue weighted by Crippen LogP contribution is -2.21. The summed E-state index contributed by atoms with van der Waals surface area (Å²) in [5, 5.41) is 12.4. The van der Waals surface area contributed by atoms with Crippen LogP contribution in [0.1, 0.15) is 32.2 Å². The topological polar surface area (TPSA) is 62.2 Å². The van der Waals surface area contributed by atoms with Crippen LogP contribution in [0.3, 0.4) is 0 Å². The highest BCUT2D eigenvalue weighted by Crippen LogP contribution is 2.11. The summed E-state index contributed by atoms with van der Waals surface area (Å²) in [6.45, 7) is 2.42. The minimum Gasteiger partial charge on any atom is -0.395 e. The summed E-state index contributed by atoms with van der Waals surface area (Å²) in [7, 11) is 0. The van der Waals surface area contributed by atoms with E-state index in [0.717, 1.165) is 16.1 Å². The number of hydrogen-bond donors (Lipinski definition) is 2. The van der Waals surface area contributed by atoms with Crippen molar-refractivity contribution in [3.05, 3.63) is 51.5 Å². The van der Waals surface area contributed by atoms with Crippen molar-refractivity contribution in [3.8, 4) is 11.8 Å². The first-order chi connectivity index (χ1) is 10.2. The van der Waals surface area contributed by atoms with Crippen LogP contribution >= 0.6 is 11.3 Å². The molecule has 0 atom stereocenters. The van der Waals surface area contributed by atoms with E-state index in [1.807, 2.05) is 31.2 Å². The Morgan fingerprint density at radius 3 is 2.76 bits per heavy atom. The van der Waals surface area contributed by atoms with Crippen LogP contribution in [0.15, 0.2) is 30.5 Å². The molecule has 2 N–H and O–H groups in total. The molecule has 0 saturated heterocycles.